The van der Waals surface area contributed by atoms with E-state index in [1.165, 1.54) is 0 Å². The molecule has 4 saturated heterocycles. The van der Waals surface area contributed by atoms with E-state index in [1.807, 2.05) is 0 Å². The summed E-state index contributed by atoms with van der Waals surface area (Å²) >= 11 is 2.25. The predicted octanol–water partition coefficient (Wildman–Crippen LogP) is -12.8. The Balaban J connectivity index is 1.52. The fourth-order valence-electron chi connectivity index (χ4n) is 15.7. The molecule has 26 N–H and O–H groups in total. The first-order chi connectivity index (χ1) is 66.3. The standard InChI is InChI=1S/C84H145N13O40S4/c1-45(102)91-64-49(106)30-81(76(125)129-8,134-72(64)68(121)53(110)37-98)138-41-59(116)87-20-14-24-95(25-15-21-88-60(117)42-139-82(77(126)130-9)31-50(107)65(92-46(2)103)73(135-82)69(122)54(111)38-99)34-57(114)85-18-12-28-97(36-63(120)133-80(5,6)7)29-13-19-86-58(115)35-96(26-16-22-89-61(118)43-140-83(78(127)131-10)32-51(108)66(93-47(3)104)74(136-83)70(123)55(112)39-100)27-17-23-90-62(119)44-141-84(79(128)132-11)33-52(109)67(94-48(4)105)75(137-84)71(124)56(113)40-101/h49-56,64-75,98-101,106-113,121-124H,12-44H2,1-11H3,(H,85,114)(H,86,115)(H,87,116)(H,88,117)(H,89,118)(H,90,119)(H,91,102)(H,92,103)(H,93,104)(H,94,105)/t49-,50-,51-,52-,53+,54+,55+,56+,64+,65+,66+,67+,68-,69-,70-,71-,72+,73+,74+,75+,81-,82-,83-,84-/m0/s1. The summed E-state index contributed by atoms with van der Waals surface area (Å²) in [5.74, 6) is -13.6. The van der Waals surface area contributed by atoms with E-state index in [2.05, 4.69) is 53.2 Å². The molecule has 0 aromatic heterocycles. The Labute approximate surface area is 831 Å². The summed E-state index contributed by atoms with van der Waals surface area (Å²) in [6, 6.07) is -5.63. The van der Waals surface area contributed by atoms with E-state index < -0.39 is 311 Å². The van der Waals surface area contributed by atoms with Crippen LogP contribution in [-0.4, -0.2) is 509 Å². The second-order valence-corrected chi connectivity index (χ2v) is 40.0. The molecule has 0 aromatic rings. The average Bonchev–Trinajstić information content (AvgIpc) is 0.778. The molecule has 141 heavy (non-hydrogen) atoms. The molecule has 10 amide bonds. The van der Waals surface area contributed by atoms with Gasteiger partial charge < -0.3 is 178 Å². The Bertz CT molecular complexity index is 3590. The molecule has 4 aliphatic heterocycles. The molecule has 4 rings (SSSR count). The second-order valence-electron chi connectivity index (χ2n) is 35.1. The summed E-state index contributed by atoms with van der Waals surface area (Å²) in [6.45, 7) is 5.30. The van der Waals surface area contributed by atoms with Crippen molar-refractivity contribution in [3.63, 3.8) is 0 Å². The van der Waals surface area contributed by atoms with Gasteiger partial charge in [-0.05, 0) is 59.3 Å². The topological polar surface area (TPSA) is 793 Å². The van der Waals surface area contributed by atoms with E-state index >= 15 is 0 Å². The van der Waals surface area contributed by atoms with Crippen LogP contribution < -0.4 is 53.2 Å². The molecule has 0 aromatic carbocycles. The summed E-state index contributed by atoms with van der Waals surface area (Å²) in [7, 11) is 3.97. The van der Waals surface area contributed by atoms with Gasteiger partial charge in [-0.15, -0.1) is 47.0 Å². The number of hydrogen-bond acceptors (Lipinski definition) is 47. The van der Waals surface area contributed by atoms with Gasteiger partial charge in [0.1, 0.15) is 78.8 Å². The predicted molar refractivity (Wildman–Crippen MR) is 499 cm³/mol. The number of aliphatic hydroxyl groups excluding tert-OH is 16. The molecule has 0 spiro atoms. The van der Waals surface area contributed by atoms with Gasteiger partial charge >= 0.3 is 29.8 Å². The minimum atomic E-state index is -2.20. The molecular weight excluding hydrogens is 1960 g/mol. The van der Waals surface area contributed by atoms with Crippen molar-refractivity contribution in [2.75, 3.05) is 176 Å². The molecule has 4 fully saturated rings. The second kappa shape index (κ2) is 61.9. The highest BCUT2D eigenvalue weighted by molar-refractivity contribution is 8.02. The van der Waals surface area contributed by atoms with Crippen LogP contribution in [0.25, 0.3) is 0 Å². The number of methoxy groups -OCH3 is 4. The minimum absolute atomic E-state index is 0.0391. The van der Waals surface area contributed by atoms with E-state index in [0.29, 0.717) is 47.0 Å². The van der Waals surface area contributed by atoms with Crippen LogP contribution in [0, 0.1) is 0 Å². The molecule has 4 heterocycles. The lowest BCUT2D eigenvalue weighted by Crippen LogP contribution is -2.66. The molecule has 4 aliphatic rings. The Morgan fingerprint density at radius 2 is 0.525 bits per heavy atom. The number of carbonyl (C=O) groups is 15. The molecule has 53 nitrogen and oxygen atoms in total. The maximum absolute atomic E-state index is 14.0. The van der Waals surface area contributed by atoms with Gasteiger partial charge in [0.2, 0.25) is 78.8 Å². The van der Waals surface area contributed by atoms with Crippen molar-refractivity contribution in [1.82, 2.24) is 67.9 Å². The van der Waals surface area contributed by atoms with E-state index in [0.717, 1.165) is 56.1 Å². The smallest absolute Gasteiger partial charge is 0.348 e. The number of carbonyl (C=O) groups excluding carboxylic acids is 15. The maximum Gasteiger partial charge on any atom is 0.348 e. The van der Waals surface area contributed by atoms with E-state index in [1.54, 1.807) is 35.5 Å². The molecule has 0 radical (unpaired) electrons. The number of esters is 5. The van der Waals surface area contributed by atoms with Crippen molar-refractivity contribution >= 4 is 136 Å². The summed E-state index contributed by atoms with van der Waals surface area (Å²) < 4.78 is 49.5. The quantitative estimate of drug-likeness (QED) is 0.0153. The number of nitrogens with one attached hydrogen (secondary N) is 10. The zero-order valence-electron chi connectivity index (χ0n) is 80.8. The van der Waals surface area contributed by atoms with Gasteiger partial charge in [-0.3, -0.25) is 67.4 Å². The highest BCUT2D eigenvalue weighted by Crippen LogP contribution is 2.46. The lowest BCUT2D eigenvalue weighted by molar-refractivity contribution is -0.207. The van der Waals surface area contributed by atoms with Crippen LogP contribution in [0.3, 0.4) is 0 Å². The van der Waals surface area contributed by atoms with Crippen LogP contribution in [0.2, 0.25) is 0 Å². The Morgan fingerprint density at radius 3 is 0.702 bits per heavy atom. The van der Waals surface area contributed by atoms with Gasteiger partial charge in [0.05, 0.1) is 146 Å². The molecule has 0 unspecified atom stereocenters. The maximum atomic E-state index is 14.0. The molecule has 24 atom stereocenters. The van der Waals surface area contributed by atoms with Gasteiger partial charge in [0, 0.05) is 132 Å². The molecule has 57 heteroatoms. The first-order valence-corrected chi connectivity index (χ1v) is 49.6. The lowest BCUT2D eigenvalue weighted by atomic mass is 9.89. The highest BCUT2D eigenvalue weighted by atomic mass is 32.2. The number of aliphatic hydroxyl groups is 16. The zero-order chi connectivity index (χ0) is 106. The molecule has 0 saturated carbocycles. The molecular formula is C84H145N13O40S4. The van der Waals surface area contributed by atoms with Gasteiger partial charge in [0.25, 0.3) is 0 Å². The number of hydrogen-bond donors (Lipinski definition) is 26. The number of amides is 10. The highest BCUT2D eigenvalue weighted by Gasteiger charge is 2.61. The Hall–Kier alpha value is -7.47. The first-order valence-electron chi connectivity index (χ1n) is 45.6. The summed E-state index contributed by atoms with van der Waals surface area (Å²) in [5, 5.41) is 195. The Kier molecular flexibility index (Phi) is 55.2. The monoisotopic (exact) mass is 2100 g/mol. The fourth-order valence-corrected chi connectivity index (χ4v) is 20.2. The summed E-state index contributed by atoms with van der Waals surface area (Å²) in [5.41, 5.74) is -0.909. The molecule has 0 bridgehead atoms. The van der Waals surface area contributed by atoms with E-state index in [4.69, 9.17) is 42.6 Å². The number of thioether (sulfide) groups is 4. The third-order valence-corrected chi connectivity index (χ3v) is 27.7. The van der Waals surface area contributed by atoms with Gasteiger partial charge in [-0.1, -0.05) is 0 Å². The normalized spacial score (nSPS) is 26.3. The Morgan fingerprint density at radius 1 is 0.333 bits per heavy atom. The van der Waals surface area contributed by atoms with Crippen LogP contribution in [0.4, 0.5) is 0 Å². The first kappa shape index (κ1) is 126. The van der Waals surface area contributed by atoms with Gasteiger partial charge in [0.15, 0.2) is 0 Å². The molecule has 0 aliphatic carbocycles. The van der Waals surface area contributed by atoms with Crippen LogP contribution in [-0.2, 0) is 115 Å². The van der Waals surface area contributed by atoms with E-state index in [-0.39, 0.29) is 137 Å². The number of ether oxygens (including phenoxy) is 9. The lowest BCUT2D eigenvalue weighted by Gasteiger charge is -2.47. The van der Waals surface area contributed by atoms with Crippen LogP contribution in [0.5, 0.6) is 0 Å². The van der Waals surface area contributed by atoms with Crippen LogP contribution in [0.15, 0.2) is 0 Å². The number of rotatable bonds is 62. The number of nitrogens with zero attached hydrogens (tertiary/aromatic N) is 3. The fraction of sp³-hybridized carbons (Fsp3) is 0.821. The molecule has 810 valence electrons. The third-order valence-electron chi connectivity index (χ3n) is 22.5. The van der Waals surface area contributed by atoms with Crippen molar-refractivity contribution in [3.8, 4) is 0 Å². The van der Waals surface area contributed by atoms with Crippen molar-refractivity contribution in [3.05, 3.63) is 0 Å². The zero-order valence-corrected chi connectivity index (χ0v) is 84.1. The summed E-state index contributed by atoms with van der Waals surface area (Å²) in [6.07, 6.45) is -30.1. The van der Waals surface area contributed by atoms with Crippen molar-refractivity contribution < 1.29 is 196 Å². The van der Waals surface area contributed by atoms with E-state index in [9.17, 15) is 154 Å². The van der Waals surface area contributed by atoms with Crippen molar-refractivity contribution in [2.45, 2.75) is 260 Å². The van der Waals surface area contributed by atoms with Gasteiger partial charge in [-0.2, -0.15) is 0 Å². The largest absolute Gasteiger partial charge is 0.466 e. The average molecular weight is 2110 g/mol. The van der Waals surface area contributed by atoms with Crippen molar-refractivity contribution in [2.24, 2.45) is 0 Å². The third kappa shape index (κ3) is 40.7. The minimum Gasteiger partial charge on any atom is -0.466 e. The van der Waals surface area contributed by atoms with Crippen LogP contribution in [0.1, 0.15) is 113 Å². The van der Waals surface area contributed by atoms with Crippen LogP contribution >= 0.6 is 47.0 Å². The van der Waals surface area contributed by atoms with Crippen molar-refractivity contribution in [1.29, 1.82) is 0 Å². The summed E-state index contributed by atoms with van der Waals surface area (Å²) in [4.78, 5) is 194. The van der Waals surface area contributed by atoms with Gasteiger partial charge in [-0.25, -0.2) is 19.2 Å². The SMILES string of the molecule is COC(=O)[C@@]1(SCC(=O)NCCCN(CCCNC(=O)CS[C@]2(C(=O)OC)C[C@H](O)[C@@H](NC(C)=O)[C@H]([C@@H](O)[C@H](O)CO)O2)CC(=O)NCCCN(CCCNC(=O)CN(CCCNC(=O)CS[C@]2(C(=O)OC)C[C@H](O)[C@@H](NC(C)=O)[C@H]([C@@H](O)[C@H](O)CO)O2)CCCNC(=O)CS[C@]2(C(=O)OC)C[C@H](O)[C@@H](NC(C)=O)[C@H]([C@@H](O)[C@H](O)CO)O2)CC(=O)OC(C)(C)C)C[C@H](O)[C@@H](NC(C)=O)[C@H]([C@@H](O)[C@H](O)CO)O1.